The van der Waals surface area contributed by atoms with Gasteiger partial charge in [0.2, 0.25) is 0 Å². The lowest BCUT2D eigenvalue weighted by atomic mass is 9.42. The number of ether oxygens (including phenoxy) is 4. The average Bonchev–Trinajstić information content (AvgIpc) is 2.98. The van der Waals surface area contributed by atoms with Crippen LogP contribution in [-0.2, 0) is 28.6 Å². The monoisotopic (exact) mass is 611 g/mol. The lowest BCUT2D eigenvalue weighted by molar-refractivity contribution is -0.271. The summed E-state index contributed by atoms with van der Waals surface area (Å²) in [5.41, 5.74) is -3.09. The molecular formula is C33H41NO10. The molecule has 2 aromatic heterocycles. The van der Waals surface area contributed by atoms with Crippen LogP contribution in [0.15, 0.2) is 39.8 Å². The van der Waals surface area contributed by atoms with Crippen molar-refractivity contribution in [1.82, 2.24) is 4.98 Å². The standard InChI is InChI=1S/C33H41NO10/c1-7-25(36)42-23-11-12-31(4)22(32(23,5)17-40-18(3)35)15-24(43-26(37)8-2)33(6)29(31)28(38)27-21(44-33)14-20(41-30(27)39)19-10-9-13-34-16-19/h9-10,13-14,16,22-24,28-29,38H,7-8,11-12,15,17H2,1-6H3. The van der Waals surface area contributed by atoms with Crippen LogP contribution in [-0.4, -0.2) is 52.4 Å². The van der Waals surface area contributed by atoms with Crippen LogP contribution in [0.4, 0.5) is 0 Å². The predicted octanol–water partition coefficient (Wildman–Crippen LogP) is 4.54. The van der Waals surface area contributed by atoms with Crippen molar-refractivity contribution in [3.63, 3.8) is 0 Å². The minimum absolute atomic E-state index is 0.0104. The molecule has 0 radical (unpaired) electrons. The van der Waals surface area contributed by atoms with Gasteiger partial charge in [-0.25, -0.2) is 4.79 Å². The smallest absolute Gasteiger partial charge is 0.345 e. The van der Waals surface area contributed by atoms with Crippen LogP contribution in [0, 0.1) is 22.7 Å². The van der Waals surface area contributed by atoms with E-state index in [4.69, 9.17) is 23.4 Å². The Morgan fingerprint density at radius 2 is 1.77 bits per heavy atom. The molecule has 3 heterocycles. The molecule has 1 N–H and O–H groups in total. The van der Waals surface area contributed by atoms with Gasteiger partial charge in [0.15, 0.2) is 0 Å². The third kappa shape index (κ3) is 5.18. The number of carbonyl (C=O) groups excluding carboxylic acids is 3. The highest BCUT2D eigenvalue weighted by molar-refractivity contribution is 5.70. The summed E-state index contributed by atoms with van der Waals surface area (Å²) >= 11 is 0. The Bertz CT molecular complexity index is 1490. The second kappa shape index (κ2) is 11.6. The molecule has 1 aliphatic heterocycles. The van der Waals surface area contributed by atoms with Gasteiger partial charge in [0.05, 0.1) is 6.10 Å². The van der Waals surface area contributed by atoms with Crippen molar-refractivity contribution in [3.05, 3.63) is 46.6 Å². The molecule has 2 aliphatic carbocycles. The van der Waals surface area contributed by atoms with Crippen LogP contribution in [0.5, 0.6) is 5.75 Å². The number of hydrogen-bond donors (Lipinski definition) is 1. The minimum Gasteiger partial charge on any atom is -0.482 e. The Morgan fingerprint density at radius 1 is 1.09 bits per heavy atom. The van der Waals surface area contributed by atoms with E-state index in [-0.39, 0.29) is 54.8 Å². The average molecular weight is 612 g/mol. The molecule has 8 atom stereocenters. The largest absolute Gasteiger partial charge is 0.482 e. The first-order chi connectivity index (χ1) is 20.8. The summed E-state index contributed by atoms with van der Waals surface area (Å²) in [4.78, 5) is 55.0. The molecule has 44 heavy (non-hydrogen) atoms. The number of carbonyl (C=O) groups is 3. The second-order valence-corrected chi connectivity index (χ2v) is 12.9. The number of nitrogens with zero attached hydrogens (tertiary/aromatic N) is 1. The van der Waals surface area contributed by atoms with Crippen molar-refractivity contribution in [1.29, 1.82) is 0 Å². The molecule has 5 rings (SSSR count). The van der Waals surface area contributed by atoms with Gasteiger partial charge in [-0.05, 0) is 49.7 Å². The van der Waals surface area contributed by atoms with Crippen LogP contribution in [0.25, 0.3) is 11.3 Å². The molecule has 3 aliphatic rings. The van der Waals surface area contributed by atoms with E-state index in [9.17, 15) is 24.3 Å². The normalized spacial score (nSPS) is 33.9. The summed E-state index contributed by atoms with van der Waals surface area (Å²) in [5, 5.41) is 12.2. The van der Waals surface area contributed by atoms with Crippen molar-refractivity contribution in [2.45, 2.75) is 97.6 Å². The molecule has 238 valence electrons. The maximum atomic E-state index is 13.5. The van der Waals surface area contributed by atoms with Gasteiger partial charge >= 0.3 is 23.5 Å². The summed E-state index contributed by atoms with van der Waals surface area (Å²) < 4.78 is 29.9. The molecule has 0 bridgehead atoms. The van der Waals surface area contributed by atoms with Crippen molar-refractivity contribution < 1.29 is 42.9 Å². The van der Waals surface area contributed by atoms with Gasteiger partial charge in [0, 0.05) is 55.1 Å². The molecule has 2 aromatic rings. The molecule has 0 saturated heterocycles. The maximum absolute atomic E-state index is 13.5. The zero-order chi connectivity index (χ0) is 32.0. The number of aliphatic hydroxyl groups excluding tert-OH is 1. The zero-order valence-electron chi connectivity index (χ0n) is 26.1. The summed E-state index contributed by atoms with van der Waals surface area (Å²) in [5.74, 6) is -2.05. The van der Waals surface area contributed by atoms with Crippen molar-refractivity contribution >= 4 is 17.9 Å². The maximum Gasteiger partial charge on any atom is 0.345 e. The van der Waals surface area contributed by atoms with E-state index in [1.54, 1.807) is 44.4 Å². The summed E-state index contributed by atoms with van der Waals surface area (Å²) in [6.07, 6.45) is 1.87. The van der Waals surface area contributed by atoms with E-state index < -0.39 is 58.2 Å². The van der Waals surface area contributed by atoms with E-state index in [1.165, 1.54) is 6.92 Å². The Kier molecular flexibility index (Phi) is 8.39. The van der Waals surface area contributed by atoms with Crippen LogP contribution in [0.1, 0.15) is 85.3 Å². The van der Waals surface area contributed by atoms with Gasteiger partial charge in [-0.2, -0.15) is 0 Å². The van der Waals surface area contributed by atoms with Crippen LogP contribution >= 0.6 is 0 Å². The van der Waals surface area contributed by atoms with E-state index >= 15 is 0 Å². The Morgan fingerprint density at radius 3 is 2.39 bits per heavy atom. The van der Waals surface area contributed by atoms with Crippen molar-refractivity contribution in [2.24, 2.45) is 22.7 Å². The molecule has 0 amide bonds. The lowest BCUT2D eigenvalue weighted by Gasteiger charge is -2.66. The SMILES string of the molecule is CCC(=O)OC1CCC2(C)C(CC(OC(=O)CC)C3(C)Oc4cc(-c5cccnc5)oc(=O)c4C(O)C23)C1(C)COC(C)=O. The third-order valence-electron chi connectivity index (χ3n) is 10.2. The fourth-order valence-electron chi connectivity index (χ4n) is 8.12. The minimum atomic E-state index is -1.34. The molecule has 0 aromatic carbocycles. The lowest BCUT2D eigenvalue weighted by Crippen LogP contribution is -2.71. The highest BCUT2D eigenvalue weighted by Gasteiger charge is 2.70. The van der Waals surface area contributed by atoms with Crippen LogP contribution in [0.2, 0.25) is 0 Å². The van der Waals surface area contributed by atoms with Crippen LogP contribution in [0.3, 0.4) is 0 Å². The number of fused-ring (bicyclic) bond motifs is 4. The number of hydrogen-bond acceptors (Lipinski definition) is 11. The summed E-state index contributed by atoms with van der Waals surface area (Å²) in [7, 11) is 0. The van der Waals surface area contributed by atoms with Gasteiger partial charge in [0.1, 0.15) is 41.5 Å². The van der Waals surface area contributed by atoms with E-state index in [0.29, 0.717) is 18.4 Å². The number of esters is 3. The summed E-state index contributed by atoms with van der Waals surface area (Å²) in [6, 6.07) is 5.02. The van der Waals surface area contributed by atoms with Gasteiger partial charge in [-0.1, -0.05) is 27.7 Å². The van der Waals surface area contributed by atoms with Gasteiger partial charge in [0.25, 0.3) is 0 Å². The van der Waals surface area contributed by atoms with Crippen molar-refractivity contribution in [3.8, 4) is 17.1 Å². The van der Waals surface area contributed by atoms with Gasteiger partial charge in [-0.3, -0.25) is 19.4 Å². The zero-order valence-corrected chi connectivity index (χ0v) is 26.1. The predicted molar refractivity (Wildman–Crippen MR) is 156 cm³/mol. The molecule has 8 unspecified atom stereocenters. The number of aromatic nitrogens is 1. The first-order valence-corrected chi connectivity index (χ1v) is 15.3. The van der Waals surface area contributed by atoms with Crippen LogP contribution < -0.4 is 10.4 Å². The van der Waals surface area contributed by atoms with Crippen molar-refractivity contribution in [2.75, 3.05) is 6.61 Å². The molecule has 2 saturated carbocycles. The second-order valence-electron chi connectivity index (χ2n) is 12.9. The first-order valence-electron chi connectivity index (χ1n) is 15.3. The quantitative estimate of drug-likeness (QED) is 0.347. The number of pyridine rings is 1. The Hall–Kier alpha value is -3.73. The topological polar surface area (TPSA) is 151 Å². The fraction of sp³-hybridized carbons (Fsp3) is 0.606. The highest BCUT2D eigenvalue weighted by Crippen LogP contribution is 2.67. The molecule has 2 fully saturated rings. The Balaban J connectivity index is 1.66. The summed E-state index contributed by atoms with van der Waals surface area (Å²) in [6.45, 7) is 10.4. The molecule has 11 heteroatoms. The van der Waals surface area contributed by atoms with E-state index in [0.717, 1.165) is 0 Å². The molecule has 11 nitrogen and oxygen atoms in total. The van der Waals surface area contributed by atoms with Gasteiger partial charge < -0.3 is 28.5 Å². The van der Waals surface area contributed by atoms with Gasteiger partial charge in [-0.15, -0.1) is 0 Å². The number of aliphatic hydroxyl groups is 1. The highest BCUT2D eigenvalue weighted by atomic mass is 16.6. The Labute approximate surface area is 256 Å². The van der Waals surface area contributed by atoms with E-state index in [2.05, 4.69) is 4.98 Å². The van der Waals surface area contributed by atoms with E-state index in [1.807, 2.05) is 20.8 Å². The molecular weight excluding hydrogens is 570 g/mol. The number of rotatable bonds is 7. The first kappa shape index (κ1) is 31.7. The molecule has 0 spiro atoms. The fourth-order valence-corrected chi connectivity index (χ4v) is 8.12. The third-order valence-corrected chi connectivity index (χ3v) is 10.2.